The number of carboxylic acids is 1. The van der Waals surface area contributed by atoms with E-state index in [0.717, 1.165) is 0 Å². The van der Waals surface area contributed by atoms with Crippen LogP contribution in [0.2, 0.25) is 0 Å². The van der Waals surface area contributed by atoms with E-state index in [1.807, 2.05) is 0 Å². The third-order valence-corrected chi connectivity index (χ3v) is 1.94. The molecule has 0 bridgehead atoms. The molecule has 0 aromatic heterocycles. The SMILES string of the molecule is CN(CC(N)=O)c1ccccc1C(=O)O. The molecule has 0 fully saturated rings. The van der Waals surface area contributed by atoms with Crippen molar-refractivity contribution in [3.05, 3.63) is 29.8 Å². The highest BCUT2D eigenvalue weighted by atomic mass is 16.4. The Morgan fingerprint density at radius 3 is 2.53 bits per heavy atom. The highest BCUT2D eigenvalue weighted by Gasteiger charge is 2.13. The molecule has 1 aromatic rings. The lowest BCUT2D eigenvalue weighted by molar-refractivity contribution is -0.116. The van der Waals surface area contributed by atoms with Crippen LogP contribution in [0.1, 0.15) is 10.4 Å². The Labute approximate surface area is 87.1 Å². The molecule has 0 aliphatic rings. The molecule has 5 heteroatoms. The molecule has 0 heterocycles. The summed E-state index contributed by atoms with van der Waals surface area (Å²) in [7, 11) is 1.62. The van der Waals surface area contributed by atoms with E-state index in [0.29, 0.717) is 5.69 Å². The Morgan fingerprint density at radius 1 is 1.40 bits per heavy atom. The van der Waals surface area contributed by atoms with E-state index in [1.54, 1.807) is 25.2 Å². The summed E-state index contributed by atoms with van der Waals surface area (Å²) >= 11 is 0. The number of likely N-dealkylation sites (N-methyl/N-ethyl adjacent to an activating group) is 1. The van der Waals surface area contributed by atoms with Crippen molar-refractivity contribution in [1.82, 2.24) is 0 Å². The van der Waals surface area contributed by atoms with Crippen molar-refractivity contribution in [3.63, 3.8) is 0 Å². The molecule has 1 aromatic carbocycles. The lowest BCUT2D eigenvalue weighted by Gasteiger charge is -2.19. The van der Waals surface area contributed by atoms with Crippen molar-refractivity contribution in [2.45, 2.75) is 0 Å². The number of rotatable bonds is 4. The van der Waals surface area contributed by atoms with Gasteiger partial charge in [-0.15, -0.1) is 0 Å². The monoisotopic (exact) mass is 208 g/mol. The first-order valence-electron chi connectivity index (χ1n) is 4.34. The summed E-state index contributed by atoms with van der Waals surface area (Å²) in [6, 6.07) is 6.45. The lowest BCUT2D eigenvalue weighted by Crippen LogP contribution is -2.31. The summed E-state index contributed by atoms with van der Waals surface area (Å²) in [6.07, 6.45) is 0. The number of para-hydroxylation sites is 1. The predicted molar refractivity (Wildman–Crippen MR) is 55.9 cm³/mol. The number of carbonyl (C=O) groups is 2. The second-order valence-corrected chi connectivity index (χ2v) is 3.14. The zero-order valence-electron chi connectivity index (χ0n) is 8.30. The fourth-order valence-corrected chi connectivity index (χ4v) is 1.31. The van der Waals surface area contributed by atoms with Crippen LogP contribution in [0.25, 0.3) is 0 Å². The van der Waals surface area contributed by atoms with Crippen molar-refractivity contribution in [2.24, 2.45) is 5.73 Å². The van der Waals surface area contributed by atoms with E-state index in [-0.39, 0.29) is 12.1 Å². The highest BCUT2D eigenvalue weighted by molar-refractivity contribution is 5.95. The van der Waals surface area contributed by atoms with E-state index in [1.165, 1.54) is 11.0 Å². The van der Waals surface area contributed by atoms with Crippen LogP contribution in [0.4, 0.5) is 5.69 Å². The van der Waals surface area contributed by atoms with Gasteiger partial charge >= 0.3 is 5.97 Å². The molecule has 0 aliphatic carbocycles. The number of hydrogen-bond acceptors (Lipinski definition) is 3. The minimum atomic E-state index is -1.03. The Morgan fingerprint density at radius 2 is 2.00 bits per heavy atom. The summed E-state index contributed by atoms with van der Waals surface area (Å²) in [5.74, 6) is -1.53. The summed E-state index contributed by atoms with van der Waals surface area (Å²) in [4.78, 5) is 23.1. The van der Waals surface area contributed by atoms with Gasteiger partial charge in [0.2, 0.25) is 5.91 Å². The number of primary amides is 1. The number of nitrogens with zero attached hydrogens (tertiary/aromatic N) is 1. The van der Waals surface area contributed by atoms with Crippen molar-refractivity contribution in [3.8, 4) is 0 Å². The highest BCUT2D eigenvalue weighted by Crippen LogP contribution is 2.18. The normalized spacial score (nSPS) is 9.67. The Kier molecular flexibility index (Phi) is 3.28. The molecular formula is C10H12N2O3. The third-order valence-electron chi connectivity index (χ3n) is 1.94. The molecule has 0 spiro atoms. The largest absolute Gasteiger partial charge is 0.478 e. The van der Waals surface area contributed by atoms with Crippen LogP contribution in [0.15, 0.2) is 24.3 Å². The van der Waals surface area contributed by atoms with Crippen molar-refractivity contribution in [1.29, 1.82) is 0 Å². The lowest BCUT2D eigenvalue weighted by atomic mass is 10.1. The van der Waals surface area contributed by atoms with Gasteiger partial charge in [-0.3, -0.25) is 4.79 Å². The van der Waals surface area contributed by atoms with Crippen LogP contribution in [0.5, 0.6) is 0 Å². The van der Waals surface area contributed by atoms with E-state index in [2.05, 4.69) is 0 Å². The second kappa shape index (κ2) is 4.45. The van der Waals surface area contributed by atoms with Gasteiger partial charge in [-0.2, -0.15) is 0 Å². The first-order valence-corrected chi connectivity index (χ1v) is 4.34. The van der Waals surface area contributed by atoms with Crippen molar-refractivity contribution in [2.75, 3.05) is 18.5 Å². The van der Waals surface area contributed by atoms with Gasteiger partial charge in [0.05, 0.1) is 17.8 Å². The fourth-order valence-electron chi connectivity index (χ4n) is 1.31. The Bertz CT molecular complexity index is 390. The van der Waals surface area contributed by atoms with Gasteiger partial charge < -0.3 is 15.7 Å². The molecule has 3 N–H and O–H groups in total. The number of carbonyl (C=O) groups excluding carboxylic acids is 1. The molecule has 15 heavy (non-hydrogen) atoms. The Hall–Kier alpha value is -2.04. The molecular weight excluding hydrogens is 196 g/mol. The van der Waals surface area contributed by atoms with Crippen LogP contribution in [-0.4, -0.2) is 30.6 Å². The smallest absolute Gasteiger partial charge is 0.337 e. The number of benzene rings is 1. The van der Waals surface area contributed by atoms with E-state index >= 15 is 0 Å². The van der Waals surface area contributed by atoms with Crippen molar-refractivity contribution >= 4 is 17.6 Å². The minimum absolute atomic E-state index is 0.00963. The average Bonchev–Trinajstić information content (AvgIpc) is 2.16. The fraction of sp³-hybridized carbons (Fsp3) is 0.200. The number of nitrogens with two attached hydrogens (primary N) is 1. The zero-order chi connectivity index (χ0) is 11.4. The number of aromatic carboxylic acids is 1. The number of carboxylic acid groups (broad SMARTS) is 1. The Balaban J connectivity index is 3.02. The summed E-state index contributed by atoms with van der Waals surface area (Å²) in [5, 5.41) is 8.91. The zero-order valence-corrected chi connectivity index (χ0v) is 8.30. The number of amides is 1. The molecule has 0 unspecified atom stereocenters. The second-order valence-electron chi connectivity index (χ2n) is 3.14. The summed E-state index contributed by atoms with van der Waals surface area (Å²) < 4.78 is 0. The maximum atomic E-state index is 10.9. The number of anilines is 1. The van der Waals surface area contributed by atoms with Crippen LogP contribution in [0, 0.1) is 0 Å². The first kappa shape index (κ1) is 11.0. The van der Waals surface area contributed by atoms with Gasteiger partial charge in [-0.05, 0) is 12.1 Å². The summed E-state index contributed by atoms with van der Waals surface area (Å²) in [6.45, 7) is -0.00963. The summed E-state index contributed by atoms with van der Waals surface area (Å²) in [5.41, 5.74) is 5.66. The third kappa shape index (κ3) is 2.70. The van der Waals surface area contributed by atoms with Gasteiger partial charge in [0, 0.05) is 7.05 Å². The average molecular weight is 208 g/mol. The molecule has 0 radical (unpaired) electrons. The maximum Gasteiger partial charge on any atom is 0.337 e. The molecule has 5 nitrogen and oxygen atoms in total. The van der Waals surface area contributed by atoms with Gasteiger partial charge in [-0.1, -0.05) is 12.1 Å². The molecule has 80 valence electrons. The van der Waals surface area contributed by atoms with E-state index in [4.69, 9.17) is 10.8 Å². The van der Waals surface area contributed by atoms with Gasteiger partial charge in [0.1, 0.15) is 0 Å². The first-order chi connectivity index (χ1) is 7.02. The van der Waals surface area contributed by atoms with E-state index in [9.17, 15) is 9.59 Å². The molecule has 1 amide bonds. The molecule has 0 atom stereocenters. The van der Waals surface area contributed by atoms with Crippen LogP contribution in [-0.2, 0) is 4.79 Å². The van der Waals surface area contributed by atoms with Gasteiger partial charge in [0.15, 0.2) is 0 Å². The molecule has 1 rings (SSSR count). The van der Waals surface area contributed by atoms with Crippen LogP contribution < -0.4 is 10.6 Å². The number of hydrogen-bond donors (Lipinski definition) is 2. The van der Waals surface area contributed by atoms with Crippen LogP contribution >= 0.6 is 0 Å². The van der Waals surface area contributed by atoms with Gasteiger partial charge in [0.25, 0.3) is 0 Å². The predicted octanol–water partition coefficient (Wildman–Crippen LogP) is 0.306. The quantitative estimate of drug-likeness (QED) is 0.745. The standard InChI is InChI=1S/C10H12N2O3/c1-12(6-9(11)13)8-5-3-2-4-7(8)10(14)15/h2-5H,6H2,1H3,(H2,11,13)(H,14,15). The molecule has 0 aliphatic heterocycles. The van der Waals surface area contributed by atoms with Crippen molar-refractivity contribution < 1.29 is 14.7 Å². The maximum absolute atomic E-state index is 10.9. The molecule has 0 saturated heterocycles. The molecule has 0 saturated carbocycles. The topological polar surface area (TPSA) is 83.6 Å². The minimum Gasteiger partial charge on any atom is -0.478 e. The van der Waals surface area contributed by atoms with E-state index < -0.39 is 11.9 Å². The van der Waals surface area contributed by atoms with Gasteiger partial charge in [-0.25, -0.2) is 4.79 Å². The van der Waals surface area contributed by atoms with Crippen LogP contribution in [0.3, 0.4) is 0 Å².